The minimum Gasteiger partial charge on any atom is -0.349 e. The molecule has 0 aliphatic heterocycles. The molecule has 150 valence electrons. The van der Waals surface area contributed by atoms with Gasteiger partial charge in [-0.1, -0.05) is 38.8 Å². The Hall–Kier alpha value is -2.70. The molecule has 1 saturated carbocycles. The predicted molar refractivity (Wildman–Crippen MR) is 107 cm³/mol. The maximum absolute atomic E-state index is 12.6. The first kappa shape index (κ1) is 20.0. The summed E-state index contributed by atoms with van der Waals surface area (Å²) in [5.41, 5.74) is 2.58. The van der Waals surface area contributed by atoms with Gasteiger partial charge >= 0.3 is 5.69 Å². The Morgan fingerprint density at radius 1 is 1.25 bits per heavy atom. The van der Waals surface area contributed by atoms with E-state index in [4.69, 9.17) is 0 Å². The van der Waals surface area contributed by atoms with Crippen molar-refractivity contribution in [3.63, 3.8) is 0 Å². The van der Waals surface area contributed by atoms with E-state index in [1.807, 2.05) is 24.3 Å². The van der Waals surface area contributed by atoms with Gasteiger partial charge in [-0.25, -0.2) is 0 Å². The first-order valence-electron chi connectivity index (χ1n) is 9.86. The van der Waals surface area contributed by atoms with Crippen molar-refractivity contribution in [1.29, 1.82) is 0 Å². The number of amides is 1. The fourth-order valence-corrected chi connectivity index (χ4v) is 4.08. The number of nitrogens with one attached hydrogen (secondary N) is 1. The molecule has 1 aromatic carbocycles. The summed E-state index contributed by atoms with van der Waals surface area (Å²) in [6.07, 6.45) is 3.42. The van der Waals surface area contributed by atoms with Gasteiger partial charge in [0, 0.05) is 11.6 Å². The molecule has 3 unspecified atom stereocenters. The van der Waals surface area contributed by atoms with Gasteiger partial charge < -0.3 is 5.32 Å². The molecule has 1 N–H and O–H groups in total. The molecule has 1 aliphatic carbocycles. The van der Waals surface area contributed by atoms with Crippen LogP contribution >= 0.6 is 0 Å². The van der Waals surface area contributed by atoms with Crippen molar-refractivity contribution >= 4 is 11.6 Å². The molecule has 3 atom stereocenters. The zero-order valence-electron chi connectivity index (χ0n) is 16.9. The van der Waals surface area contributed by atoms with Gasteiger partial charge in [-0.2, -0.15) is 5.10 Å². The Balaban J connectivity index is 1.67. The van der Waals surface area contributed by atoms with E-state index in [1.54, 1.807) is 18.5 Å². The standard InChI is InChI=1S/C21H28N4O3/c1-13-6-5-7-19(14(13)2)22-21(26)18-10-8-17(9-11-18)12-24-16(4)20(25(27)28)15(3)23-24/h8-11,13-14,19H,5-7,12H2,1-4H3,(H,22,26). The van der Waals surface area contributed by atoms with Gasteiger partial charge in [0.2, 0.25) is 0 Å². The van der Waals surface area contributed by atoms with Gasteiger partial charge in [-0.05, 0) is 49.8 Å². The number of aromatic nitrogens is 2. The second-order valence-corrected chi connectivity index (χ2v) is 7.98. The van der Waals surface area contributed by atoms with Crippen LogP contribution in [-0.2, 0) is 6.54 Å². The van der Waals surface area contributed by atoms with E-state index < -0.39 is 4.92 Å². The molecule has 0 bridgehead atoms. The summed E-state index contributed by atoms with van der Waals surface area (Å²) in [4.78, 5) is 23.4. The molecule has 0 spiro atoms. The molecule has 0 radical (unpaired) electrons. The first-order chi connectivity index (χ1) is 13.3. The summed E-state index contributed by atoms with van der Waals surface area (Å²) < 4.78 is 1.63. The lowest BCUT2D eigenvalue weighted by Crippen LogP contribution is -2.43. The highest BCUT2D eigenvalue weighted by atomic mass is 16.6. The van der Waals surface area contributed by atoms with E-state index in [1.165, 1.54) is 6.42 Å². The number of aryl methyl sites for hydroxylation is 1. The smallest absolute Gasteiger partial charge is 0.312 e. The quantitative estimate of drug-likeness (QED) is 0.623. The van der Waals surface area contributed by atoms with E-state index >= 15 is 0 Å². The highest BCUT2D eigenvalue weighted by molar-refractivity contribution is 5.94. The number of hydrogen-bond acceptors (Lipinski definition) is 4. The van der Waals surface area contributed by atoms with Crippen molar-refractivity contribution < 1.29 is 9.72 Å². The van der Waals surface area contributed by atoms with E-state index in [0.29, 0.717) is 35.3 Å². The van der Waals surface area contributed by atoms with E-state index in [-0.39, 0.29) is 17.6 Å². The van der Waals surface area contributed by atoms with Gasteiger partial charge in [0.05, 0.1) is 11.5 Å². The Morgan fingerprint density at radius 3 is 2.54 bits per heavy atom. The summed E-state index contributed by atoms with van der Waals surface area (Å²) in [6, 6.07) is 7.60. The second kappa shape index (κ2) is 8.12. The number of rotatable bonds is 5. The van der Waals surface area contributed by atoms with Crippen LogP contribution in [0, 0.1) is 35.8 Å². The van der Waals surface area contributed by atoms with Gasteiger partial charge in [-0.15, -0.1) is 0 Å². The molecule has 7 heteroatoms. The van der Waals surface area contributed by atoms with Crippen molar-refractivity contribution in [2.75, 3.05) is 0 Å². The summed E-state index contributed by atoms with van der Waals surface area (Å²) in [5.74, 6) is 1.07. The third-order valence-corrected chi connectivity index (χ3v) is 6.10. The molecule has 7 nitrogen and oxygen atoms in total. The van der Waals surface area contributed by atoms with Crippen molar-refractivity contribution in [3.8, 4) is 0 Å². The zero-order valence-corrected chi connectivity index (χ0v) is 16.9. The zero-order chi connectivity index (χ0) is 20.4. The molecule has 1 heterocycles. The van der Waals surface area contributed by atoms with Gasteiger partial charge in [0.25, 0.3) is 5.91 Å². The Bertz CT molecular complexity index is 873. The number of nitro groups is 1. The number of carbonyl (C=O) groups is 1. The van der Waals surface area contributed by atoms with E-state index in [2.05, 4.69) is 24.3 Å². The molecular formula is C21H28N4O3. The second-order valence-electron chi connectivity index (χ2n) is 7.98. The van der Waals surface area contributed by atoms with Crippen molar-refractivity contribution in [3.05, 3.63) is 56.9 Å². The normalized spacial score (nSPS) is 22.1. The number of benzene rings is 1. The highest BCUT2D eigenvalue weighted by Crippen LogP contribution is 2.29. The molecule has 2 aromatic rings. The van der Waals surface area contributed by atoms with E-state index in [9.17, 15) is 14.9 Å². The Morgan fingerprint density at radius 2 is 1.93 bits per heavy atom. The lowest BCUT2D eigenvalue weighted by molar-refractivity contribution is -0.386. The molecule has 1 aromatic heterocycles. The predicted octanol–water partition coefficient (Wildman–Crippen LogP) is 4.01. The molecular weight excluding hydrogens is 356 g/mol. The Labute approximate surface area is 165 Å². The third kappa shape index (κ3) is 4.08. The van der Waals surface area contributed by atoms with Crippen LogP contribution in [0.2, 0.25) is 0 Å². The van der Waals surface area contributed by atoms with Crippen LogP contribution in [0.15, 0.2) is 24.3 Å². The van der Waals surface area contributed by atoms with Crippen molar-refractivity contribution in [2.45, 2.75) is 59.5 Å². The summed E-state index contributed by atoms with van der Waals surface area (Å²) in [7, 11) is 0. The molecule has 1 fully saturated rings. The van der Waals surface area contributed by atoms with Crippen LogP contribution < -0.4 is 5.32 Å². The first-order valence-corrected chi connectivity index (χ1v) is 9.86. The Kier molecular flexibility index (Phi) is 5.82. The van der Waals surface area contributed by atoms with Crippen LogP contribution in [0.5, 0.6) is 0 Å². The van der Waals surface area contributed by atoms with Crippen LogP contribution in [0.3, 0.4) is 0 Å². The number of carbonyl (C=O) groups excluding carboxylic acids is 1. The molecule has 28 heavy (non-hydrogen) atoms. The maximum atomic E-state index is 12.6. The minimum atomic E-state index is -0.394. The van der Waals surface area contributed by atoms with Crippen molar-refractivity contribution in [1.82, 2.24) is 15.1 Å². The fourth-order valence-electron chi connectivity index (χ4n) is 4.08. The van der Waals surface area contributed by atoms with Gasteiger partial charge in [-0.3, -0.25) is 19.6 Å². The minimum absolute atomic E-state index is 0.0424. The molecule has 1 aliphatic rings. The topological polar surface area (TPSA) is 90.1 Å². The molecule has 1 amide bonds. The molecule has 0 saturated heterocycles. The SMILES string of the molecule is Cc1nn(Cc2ccc(C(=O)NC3CCCC(C)C3C)cc2)c(C)c1[N+](=O)[O-]. The maximum Gasteiger partial charge on any atom is 0.312 e. The summed E-state index contributed by atoms with van der Waals surface area (Å²) in [6.45, 7) is 8.24. The van der Waals surface area contributed by atoms with Crippen molar-refractivity contribution in [2.24, 2.45) is 11.8 Å². The van der Waals surface area contributed by atoms with Crippen LogP contribution in [0.25, 0.3) is 0 Å². The van der Waals surface area contributed by atoms with Crippen LogP contribution in [0.1, 0.15) is 60.4 Å². The lowest BCUT2D eigenvalue weighted by Gasteiger charge is -2.34. The number of hydrogen-bond donors (Lipinski definition) is 1. The van der Waals surface area contributed by atoms with Gasteiger partial charge in [0.1, 0.15) is 11.4 Å². The summed E-state index contributed by atoms with van der Waals surface area (Å²) in [5, 5.41) is 18.6. The monoisotopic (exact) mass is 384 g/mol. The highest BCUT2D eigenvalue weighted by Gasteiger charge is 2.28. The van der Waals surface area contributed by atoms with Gasteiger partial charge in [0.15, 0.2) is 0 Å². The lowest BCUT2D eigenvalue weighted by atomic mass is 9.78. The fraction of sp³-hybridized carbons (Fsp3) is 0.524. The van der Waals surface area contributed by atoms with Crippen LogP contribution in [-0.4, -0.2) is 26.7 Å². The average Bonchev–Trinajstić information content (AvgIpc) is 2.93. The van der Waals surface area contributed by atoms with E-state index in [0.717, 1.165) is 18.4 Å². The third-order valence-electron chi connectivity index (χ3n) is 6.10. The average molecular weight is 384 g/mol. The van der Waals surface area contributed by atoms with Crippen LogP contribution in [0.4, 0.5) is 5.69 Å². The summed E-state index contributed by atoms with van der Waals surface area (Å²) >= 11 is 0. The largest absolute Gasteiger partial charge is 0.349 e. The molecule has 3 rings (SSSR count). The number of nitrogens with zero attached hydrogens (tertiary/aromatic N) is 3.